The van der Waals surface area contributed by atoms with Crippen LogP contribution < -0.4 is 14.8 Å². The second kappa shape index (κ2) is 8.99. The predicted molar refractivity (Wildman–Crippen MR) is 111 cm³/mol. The summed E-state index contributed by atoms with van der Waals surface area (Å²) in [6.45, 7) is 8.97. The molecule has 1 N–H and O–H groups in total. The normalized spacial score (nSPS) is 13.3. The van der Waals surface area contributed by atoms with Gasteiger partial charge >= 0.3 is 0 Å². The Morgan fingerprint density at radius 3 is 2.41 bits per heavy atom. The van der Waals surface area contributed by atoms with E-state index in [2.05, 4.69) is 5.32 Å². The lowest BCUT2D eigenvalue weighted by atomic mass is 10.0. The maximum atomic E-state index is 13.2. The molecule has 1 heterocycles. The van der Waals surface area contributed by atoms with Crippen molar-refractivity contribution < 1.29 is 19.1 Å². The lowest BCUT2D eigenvalue weighted by Gasteiger charge is -2.29. The van der Waals surface area contributed by atoms with Crippen LogP contribution in [0, 0.1) is 12.8 Å². The highest BCUT2D eigenvalue weighted by molar-refractivity contribution is 5.97. The molecule has 2 amide bonds. The van der Waals surface area contributed by atoms with Crippen LogP contribution in [0.15, 0.2) is 42.5 Å². The molecule has 6 nitrogen and oxygen atoms in total. The number of aryl methyl sites for hydroxylation is 1. The van der Waals surface area contributed by atoms with Crippen LogP contribution in [0.2, 0.25) is 0 Å². The van der Waals surface area contributed by atoms with E-state index in [9.17, 15) is 9.59 Å². The van der Waals surface area contributed by atoms with Gasteiger partial charge in [-0.15, -0.1) is 0 Å². The van der Waals surface area contributed by atoms with Crippen LogP contribution >= 0.6 is 0 Å². The minimum absolute atomic E-state index is 0.0392. The number of hydrogen-bond donors (Lipinski definition) is 1. The fourth-order valence-corrected chi connectivity index (χ4v) is 3.25. The number of likely N-dealkylation sites (N-methyl/N-ethyl adjacent to an activating group) is 1. The summed E-state index contributed by atoms with van der Waals surface area (Å²) in [6, 6.07) is 12.4. The second-order valence-corrected chi connectivity index (χ2v) is 7.60. The fourth-order valence-electron chi connectivity index (χ4n) is 3.25. The van der Waals surface area contributed by atoms with Gasteiger partial charge in [-0.3, -0.25) is 9.59 Å². The van der Waals surface area contributed by atoms with Gasteiger partial charge in [-0.2, -0.15) is 0 Å². The molecular formula is C23H28N2O4. The van der Waals surface area contributed by atoms with Crippen LogP contribution in [-0.4, -0.2) is 36.1 Å². The summed E-state index contributed by atoms with van der Waals surface area (Å²) in [5.74, 6) is 1.03. The van der Waals surface area contributed by atoms with Gasteiger partial charge in [0, 0.05) is 18.7 Å². The van der Waals surface area contributed by atoms with Gasteiger partial charge in [0.05, 0.1) is 0 Å². The Labute approximate surface area is 171 Å². The van der Waals surface area contributed by atoms with E-state index >= 15 is 0 Å². The molecule has 0 aromatic heterocycles. The lowest BCUT2D eigenvalue weighted by Crippen LogP contribution is -2.51. The summed E-state index contributed by atoms with van der Waals surface area (Å²) >= 11 is 0. The molecule has 1 unspecified atom stereocenters. The molecule has 0 fully saturated rings. The van der Waals surface area contributed by atoms with Crippen molar-refractivity contribution in [3.05, 3.63) is 59.2 Å². The molecule has 154 valence electrons. The van der Waals surface area contributed by atoms with Crippen molar-refractivity contribution in [3.8, 4) is 11.5 Å². The Hall–Kier alpha value is -3.02. The summed E-state index contributed by atoms with van der Waals surface area (Å²) in [4.78, 5) is 27.6. The summed E-state index contributed by atoms with van der Waals surface area (Å²) in [6.07, 6.45) is 0. The molecule has 3 rings (SSSR count). The predicted octanol–water partition coefficient (Wildman–Crippen LogP) is 3.53. The Morgan fingerprint density at radius 1 is 1.07 bits per heavy atom. The van der Waals surface area contributed by atoms with Gasteiger partial charge < -0.3 is 19.7 Å². The summed E-state index contributed by atoms with van der Waals surface area (Å²) in [5, 5.41) is 2.92. The van der Waals surface area contributed by atoms with E-state index in [4.69, 9.17) is 9.47 Å². The number of amides is 2. The molecule has 0 spiro atoms. The lowest BCUT2D eigenvalue weighted by molar-refractivity contribution is -0.134. The average molecular weight is 396 g/mol. The first-order valence-corrected chi connectivity index (χ1v) is 9.94. The maximum Gasteiger partial charge on any atom is 0.251 e. The van der Waals surface area contributed by atoms with Crippen molar-refractivity contribution in [2.24, 2.45) is 5.92 Å². The van der Waals surface area contributed by atoms with Crippen molar-refractivity contribution >= 4 is 11.8 Å². The number of carbonyl (C=O) groups excluding carboxylic acids is 2. The zero-order valence-corrected chi connectivity index (χ0v) is 17.4. The number of carbonyl (C=O) groups is 2. The standard InChI is InChI=1S/C23H28N2O4/c1-5-25(13-17-8-11-19-20(12-17)29-14-28-19)23(27)21(15(2)3)24-22(26)18-9-6-16(4)7-10-18/h6-12,15,21H,5,13-14H2,1-4H3,(H,24,26). The molecular weight excluding hydrogens is 368 g/mol. The van der Waals surface area contributed by atoms with Crippen molar-refractivity contribution in [1.82, 2.24) is 10.2 Å². The van der Waals surface area contributed by atoms with Gasteiger partial charge in [0.25, 0.3) is 5.91 Å². The molecule has 0 aliphatic carbocycles. The molecule has 0 radical (unpaired) electrons. The molecule has 0 saturated heterocycles. The SMILES string of the molecule is CCN(Cc1ccc2c(c1)OCO2)C(=O)C(NC(=O)c1ccc(C)cc1)C(C)C. The first-order chi connectivity index (χ1) is 13.9. The zero-order valence-electron chi connectivity index (χ0n) is 17.4. The Kier molecular flexibility index (Phi) is 6.42. The van der Waals surface area contributed by atoms with Crippen LogP contribution in [0.25, 0.3) is 0 Å². The van der Waals surface area contributed by atoms with Gasteiger partial charge in [0.15, 0.2) is 11.5 Å². The van der Waals surface area contributed by atoms with E-state index in [-0.39, 0.29) is 24.5 Å². The third kappa shape index (κ3) is 4.88. The fraction of sp³-hybridized carbons (Fsp3) is 0.391. The topological polar surface area (TPSA) is 67.9 Å². The van der Waals surface area contributed by atoms with Crippen LogP contribution in [0.5, 0.6) is 11.5 Å². The molecule has 0 bridgehead atoms. The number of benzene rings is 2. The smallest absolute Gasteiger partial charge is 0.251 e. The number of ether oxygens (including phenoxy) is 2. The van der Waals surface area contributed by atoms with Crippen LogP contribution in [-0.2, 0) is 11.3 Å². The monoisotopic (exact) mass is 396 g/mol. The van der Waals surface area contributed by atoms with Gasteiger partial charge in [0.2, 0.25) is 12.7 Å². The van der Waals surface area contributed by atoms with Gasteiger partial charge in [0.1, 0.15) is 6.04 Å². The number of nitrogens with zero attached hydrogens (tertiary/aromatic N) is 1. The van der Waals surface area contributed by atoms with Crippen molar-refractivity contribution in [2.45, 2.75) is 40.3 Å². The number of hydrogen-bond acceptors (Lipinski definition) is 4. The molecule has 29 heavy (non-hydrogen) atoms. The molecule has 2 aromatic rings. The third-order valence-corrected chi connectivity index (χ3v) is 5.04. The van der Waals surface area contributed by atoms with Gasteiger partial charge in [-0.05, 0) is 49.6 Å². The molecule has 1 atom stereocenters. The van der Waals surface area contributed by atoms with E-state index in [0.717, 1.165) is 11.1 Å². The number of fused-ring (bicyclic) bond motifs is 1. The Bertz CT molecular complexity index is 877. The average Bonchev–Trinajstić information content (AvgIpc) is 3.17. The molecule has 1 aliphatic rings. The van der Waals surface area contributed by atoms with Crippen LogP contribution in [0.3, 0.4) is 0 Å². The van der Waals surface area contributed by atoms with Crippen molar-refractivity contribution in [3.63, 3.8) is 0 Å². The summed E-state index contributed by atoms with van der Waals surface area (Å²) < 4.78 is 10.8. The van der Waals surface area contributed by atoms with E-state index in [0.29, 0.717) is 30.2 Å². The Balaban J connectivity index is 1.72. The maximum absolute atomic E-state index is 13.2. The molecule has 6 heteroatoms. The minimum atomic E-state index is -0.599. The van der Waals surface area contributed by atoms with Crippen molar-refractivity contribution in [1.29, 1.82) is 0 Å². The highest BCUT2D eigenvalue weighted by Gasteiger charge is 2.28. The van der Waals surface area contributed by atoms with Gasteiger partial charge in [-0.25, -0.2) is 0 Å². The summed E-state index contributed by atoms with van der Waals surface area (Å²) in [5.41, 5.74) is 2.59. The van der Waals surface area contributed by atoms with E-state index in [1.807, 2.05) is 58.0 Å². The molecule has 1 aliphatic heterocycles. The van der Waals surface area contributed by atoms with E-state index < -0.39 is 6.04 Å². The van der Waals surface area contributed by atoms with E-state index in [1.165, 1.54) is 0 Å². The first-order valence-electron chi connectivity index (χ1n) is 9.94. The van der Waals surface area contributed by atoms with Crippen LogP contribution in [0.4, 0.5) is 0 Å². The number of rotatable bonds is 7. The van der Waals surface area contributed by atoms with Crippen molar-refractivity contribution in [2.75, 3.05) is 13.3 Å². The first kappa shape index (κ1) is 20.7. The summed E-state index contributed by atoms with van der Waals surface area (Å²) in [7, 11) is 0. The second-order valence-electron chi connectivity index (χ2n) is 7.60. The minimum Gasteiger partial charge on any atom is -0.454 e. The molecule has 2 aromatic carbocycles. The highest BCUT2D eigenvalue weighted by Crippen LogP contribution is 2.32. The molecule has 0 saturated carbocycles. The largest absolute Gasteiger partial charge is 0.454 e. The van der Waals surface area contributed by atoms with E-state index in [1.54, 1.807) is 17.0 Å². The Morgan fingerprint density at radius 2 is 1.76 bits per heavy atom. The van der Waals surface area contributed by atoms with Crippen LogP contribution in [0.1, 0.15) is 42.3 Å². The third-order valence-electron chi connectivity index (χ3n) is 5.04. The highest BCUT2D eigenvalue weighted by atomic mass is 16.7. The van der Waals surface area contributed by atoms with Gasteiger partial charge in [-0.1, -0.05) is 37.6 Å². The zero-order chi connectivity index (χ0) is 21.0. The quantitative estimate of drug-likeness (QED) is 0.778. The number of nitrogens with one attached hydrogen (secondary N) is 1.